The summed E-state index contributed by atoms with van der Waals surface area (Å²) in [4.78, 5) is 11.6. The molecule has 0 fully saturated rings. The van der Waals surface area contributed by atoms with Gasteiger partial charge in [-0.25, -0.2) is 9.97 Å². The first kappa shape index (κ1) is 13.7. The number of hydrogen-bond acceptors (Lipinski definition) is 4. The Balaban J connectivity index is 2.37. The lowest BCUT2D eigenvalue weighted by atomic mass is 10.2. The van der Waals surface area contributed by atoms with Crippen LogP contribution in [0.5, 0.6) is 0 Å². The average Bonchev–Trinajstić information content (AvgIpc) is 2.67. The van der Waals surface area contributed by atoms with E-state index in [1.807, 2.05) is 6.20 Å². The highest BCUT2D eigenvalue weighted by Crippen LogP contribution is 2.29. The van der Waals surface area contributed by atoms with Gasteiger partial charge >= 0.3 is 0 Å². The lowest BCUT2D eigenvalue weighted by Gasteiger charge is -2.07. The molecule has 2 aromatic heterocycles. The second kappa shape index (κ2) is 5.97. The van der Waals surface area contributed by atoms with Crippen molar-refractivity contribution in [3.8, 4) is 11.4 Å². The first-order valence-corrected chi connectivity index (χ1v) is 7.85. The van der Waals surface area contributed by atoms with Crippen LogP contribution in [0, 0.1) is 17.4 Å². The Hall–Kier alpha value is -0.690. The molecule has 2 heterocycles. The van der Waals surface area contributed by atoms with E-state index in [2.05, 4.69) is 64.7 Å². The van der Waals surface area contributed by atoms with Gasteiger partial charge in [0.2, 0.25) is 0 Å². The molecule has 0 amide bonds. The molecule has 0 unspecified atom stereocenters. The number of aromatic nitrogens is 2. The van der Waals surface area contributed by atoms with Gasteiger partial charge in [0.05, 0.1) is 3.57 Å². The topological polar surface area (TPSA) is 37.8 Å². The van der Waals surface area contributed by atoms with Crippen LogP contribution in [-0.2, 0) is 0 Å². The third-order valence-electron chi connectivity index (χ3n) is 2.57. The van der Waals surface area contributed by atoms with Crippen molar-refractivity contribution < 1.29 is 0 Å². The summed E-state index contributed by atoms with van der Waals surface area (Å²) in [6.45, 7) is 7.32. The lowest BCUT2D eigenvalue weighted by molar-refractivity contribution is 0.963. The van der Waals surface area contributed by atoms with E-state index in [-0.39, 0.29) is 0 Å². The fourth-order valence-electron chi connectivity index (χ4n) is 1.72. The molecule has 0 saturated heterocycles. The Morgan fingerprint density at radius 3 is 2.78 bits per heavy atom. The van der Waals surface area contributed by atoms with Gasteiger partial charge in [0, 0.05) is 28.1 Å². The summed E-state index contributed by atoms with van der Waals surface area (Å²) in [7, 11) is 0. The van der Waals surface area contributed by atoms with E-state index in [0.717, 1.165) is 33.7 Å². The van der Waals surface area contributed by atoms with Crippen molar-refractivity contribution >= 4 is 39.7 Å². The minimum atomic E-state index is 0.816. The third-order valence-corrected chi connectivity index (χ3v) is 4.32. The van der Waals surface area contributed by atoms with Gasteiger partial charge in [-0.15, -0.1) is 11.3 Å². The van der Waals surface area contributed by atoms with Crippen LogP contribution in [0.2, 0.25) is 0 Å². The molecule has 0 aliphatic carbocycles. The van der Waals surface area contributed by atoms with Gasteiger partial charge in [0.25, 0.3) is 0 Å². The van der Waals surface area contributed by atoms with E-state index in [1.165, 1.54) is 9.75 Å². The molecule has 0 aliphatic heterocycles. The SMILES string of the molecule is CCCNc1nc(-c2cc(C)sc2C)ncc1I. The number of thiophene rings is 1. The molecular weight excluding hydrogens is 357 g/mol. The number of nitrogens with zero attached hydrogens (tertiary/aromatic N) is 2. The van der Waals surface area contributed by atoms with Crippen LogP contribution in [0.3, 0.4) is 0 Å². The zero-order valence-electron chi connectivity index (χ0n) is 10.7. The van der Waals surface area contributed by atoms with Crippen LogP contribution >= 0.6 is 33.9 Å². The molecule has 1 N–H and O–H groups in total. The van der Waals surface area contributed by atoms with Crippen molar-refractivity contribution in [1.29, 1.82) is 0 Å². The molecule has 0 aromatic carbocycles. The van der Waals surface area contributed by atoms with Crippen molar-refractivity contribution in [3.05, 3.63) is 25.6 Å². The number of anilines is 1. The predicted octanol–water partition coefficient (Wildman–Crippen LogP) is 4.25. The molecule has 2 rings (SSSR count). The Labute approximate surface area is 125 Å². The molecular formula is C13H16IN3S. The van der Waals surface area contributed by atoms with Crippen LogP contribution in [0.25, 0.3) is 11.4 Å². The van der Waals surface area contributed by atoms with Gasteiger partial charge in [0.1, 0.15) is 5.82 Å². The molecule has 0 saturated carbocycles. The first-order chi connectivity index (χ1) is 8.61. The van der Waals surface area contributed by atoms with Crippen LogP contribution < -0.4 is 5.32 Å². The number of nitrogens with one attached hydrogen (secondary N) is 1. The van der Waals surface area contributed by atoms with Gasteiger partial charge in [-0.3, -0.25) is 0 Å². The zero-order valence-corrected chi connectivity index (χ0v) is 13.7. The minimum absolute atomic E-state index is 0.816. The molecule has 0 spiro atoms. The highest BCUT2D eigenvalue weighted by Gasteiger charge is 2.11. The molecule has 18 heavy (non-hydrogen) atoms. The lowest BCUT2D eigenvalue weighted by Crippen LogP contribution is -2.05. The Bertz CT molecular complexity index is 551. The Kier molecular flexibility index (Phi) is 4.55. The van der Waals surface area contributed by atoms with Crippen molar-refractivity contribution in [3.63, 3.8) is 0 Å². The van der Waals surface area contributed by atoms with Crippen LogP contribution in [0.4, 0.5) is 5.82 Å². The van der Waals surface area contributed by atoms with E-state index in [4.69, 9.17) is 0 Å². The molecule has 3 nitrogen and oxygen atoms in total. The van der Waals surface area contributed by atoms with Gasteiger partial charge in [-0.1, -0.05) is 6.92 Å². The van der Waals surface area contributed by atoms with Crippen molar-refractivity contribution in [2.24, 2.45) is 0 Å². The van der Waals surface area contributed by atoms with E-state index in [0.29, 0.717) is 0 Å². The summed E-state index contributed by atoms with van der Waals surface area (Å²) in [5.41, 5.74) is 1.15. The van der Waals surface area contributed by atoms with Gasteiger partial charge in [-0.2, -0.15) is 0 Å². The summed E-state index contributed by atoms with van der Waals surface area (Å²) < 4.78 is 1.06. The number of aryl methyl sites for hydroxylation is 2. The standard InChI is InChI=1S/C13H16IN3S/c1-4-5-15-13-11(14)7-16-12(17-13)10-6-8(2)18-9(10)3/h6-7H,4-5H2,1-3H3,(H,15,16,17). The average molecular weight is 373 g/mol. The minimum Gasteiger partial charge on any atom is -0.369 e. The maximum absolute atomic E-state index is 4.63. The fraction of sp³-hybridized carbons (Fsp3) is 0.385. The summed E-state index contributed by atoms with van der Waals surface area (Å²) in [5, 5.41) is 3.34. The highest BCUT2D eigenvalue weighted by atomic mass is 127. The molecule has 5 heteroatoms. The largest absolute Gasteiger partial charge is 0.369 e. The van der Waals surface area contributed by atoms with Crippen LogP contribution in [0.1, 0.15) is 23.1 Å². The van der Waals surface area contributed by atoms with Gasteiger partial charge < -0.3 is 5.32 Å². The predicted molar refractivity (Wildman–Crippen MR) is 86.3 cm³/mol. The maximum Gasteiger partial charge on any atom is 0.162 e. The summed E-state index contributed by atoms with van der Waals surface area (Å²) in [6, 6.07) is 2.16. The van der Waals surface area contributed by atoms with E-state index in [1.54, 1.807) is 11.3 Å². The third kappa shape index (κ3) is 3.00. The fourth-order valence-corrected chi connectivity index (χ4v) is 3.09. The Morgan fingerprint density at radius 2 is 2.17 bits per heavy atom. The molecule has 96 valence electrons. The summed E-state index contributed by atoms with van der Waals surface area (Å²) >= 11 is 4.05. The second-order valence-electron chi connectivity index (χ2n) is 4.14. The zero-order chi connectivity index (χ0) is 13.1. The number of rotatable bonds is 4. The highest BCUT2D eigenvalue weighted by molar-refractivity contribution is 14.1. The van der Waals surface area contributed by atoms with Crippen molar-refractivity contribution in [2.45, 2.75) is 27.2 Å². The van der Waals surface area contributed by atoms with Crippen molar-refractivity contribution in [2.75, 3.05) is 11.9 Å². The summed E-state index contributed by atoms with van der Waals surface area (Å²) in [6.07, 6.45) is 2.97. The molecule has 2 aromatic rings. The van der Waals surface area contributed by atoms with E-state index < -0.39 is 0 Å². The van der Waals surface area contributed by atoms with Crippen LogP contribution in [0.15, 0.2) is 12.3 Å². The van der Waals surface area contributed by atoms with Crippen LogP contribution in [-0.4, -0.2) is 16.5 Å². The maximum atomic E-state index is 4.63. The molecule has 0 radical (unpaired) electrons. The van der Waals surface area contributed by atoms with Gasteiger partial charge in [-0.05, 0) is 48.9 Å². The number of hydrogen-bond donors (Lipinski definition) is 1. The molecule has 0 aliphatic rings. The molecule has 0 atom stereocenters. The van der Waals surface area contributed by atoms with Gasteiger partial charge in [0.15, 0.2) is 5.82 Å². The van der Waals surface area contributed by atoms with E-state index in [9.17, 15) is 0 Å². The number of halogens is 1. The van der Waals surface area contributed by atoms with E-state index >= 15 is 0 Å². The first-order valence-electron chi connectivity index (χ1n) is 5.95. The quantitative estimate of drug-likeness (QED) is 0.815. The molecule has 0 bridgehead atoms. The monoisotopic (exact) mass is 373 g/mol. The smallest absolute Gasteiger partial charge is 0.162 e. The second-order valence-corrected chi connectivity index (χ2v) is 6.77. The summed E-state index contributed by atoms with van der Waals surface area (Å²) in [5.74, 6) is 1.75. The Morgan fingerprint density at radius 1 is 1.39 bits per heavy atom. The van der Waals surface area contributed by atoms with Crippen molar-refractivity contribution in [1.82, 2.24) is 9.97 Å². The normalized spacial score (nSPS) is 10.7.